The maximum Gasteiger partial charge on any atom is 0.371 e. The number of halogens is 2. The zero-order valence-corrected chi connectivity index (χ0v) is 13.4. The summed E-state index contributed by atoms with van der Waals surface area (Å²) < 4.78 is 25.8. The molecule has 0 unspecified atom stereocenters. The van der Waals surface area contributed by atoms with Gasteiger partial charge < -0.3 is 9.26 Å². The van der Waals surface area contributed by atoms with Crippen LogP contribution in [0.3, 0.4) is 0 Å². The van der Waals surface area contributed by atoms with Gasteiger partial charge in [-0.25, -0.2) is 9.66 Å². The Morgan fingerprint density at radius 3 is 2.48 bits per heavy atom. The minimum atomic E-state index is -3.37. The van der Waals surface area contributed by atoms with E-state index in [4.69, 9.17) is 32.5 Å². The largest absolute Gasteiger partial charge is 0.409 e. The molecule has 2 aliphatic heterocycles. The summed E-state index contributed by atoms with van der Waals surface area (Å²) in [5.41, 5.74) is 0.835. The van der Waals surface area contributed by atoms with Crippen LogP contribution < -0.4 is 0 Å². The Morgan fingerprint density at radius 2 is 1.86 bits per heavy atom. The first-order chi connectivity index (χ1) is 10.1. The Hall–Kier alpha value is -0.840. The summed E-state index contributed by atoms with van der Waals surface area (Å²) in [4.78, 5) is 4.25. The fraction of sp³-hybridized carbons (Fsp3) is 0.308. The molecule has 0 spiro atoms. The van der Waals surface area contributed by atoms with Crippen molar-refractivity contribution in [3.8, 4) is 0 Å². The highest BCUT2D eigenvalue weighted by atomic mass is 35.5. The van der Waals surface area contributed by atoms with E-state index in [-0.39, 0.29) is 15.8 Å². The Morgan fingerprint density at radius 1 is 1.19 bits per heavy atom. The van der Waals surface area contributed by atoms with Crippen molar-refractivity contribution in [3.63, 3.8) is 0 Å². The molecule has 1 atom stereocenters. The highest BCUT2D eigenvalue weighted by Crippen LogP contribution is 2.64. The molecular formula is C13H13Cl2N2O3P. The van der Waals surface area contributed by atoms with Gasteiger partial charge in [-0.2, -0.15) is 0 Å². The maximum absolute atomic E-state index is 13.2. The molecule has 1 saturated heterocycles. The number of nitrogens with zero attached hydrogens (tertiary/aromatic N) is 2. The number of rotatable bonds is 2. The van der Waals surface area contributed by atoms with Crippen LogP contribution in [0.2, 0.25) is 0 Å². The predicted octanol–water partition coefficient (Wildman–Crippen LogP) is 3.59. The average Bonchev–Trinajstić information content (AvgIpc) is 2.89. The van der Waals surface area contributed by atoms with Crippen molar-refractivity contribution >= 4 is 36.6 Å². The topological polar surface area (TPSA) is 51.1 Å². The Labute approximate surface area is 132 Å². The normalized spacial score (nSPS) is 26.4. The smallest absolute Gasteiger partial charge is 0.371 e. The lowest BCUT2D eigenvalue weighted by molar-refractivity contribution is 0.0689. The van der Waals surface area contributed by atoms with E-state index < -0.39 is 7.52 Å². The molecule has 2 aliphatic rings. The fourth-order valence-electron chi connectivity index (χ4n) is 2.20. The molecule has 3 rings (SSSR count). The first-order valence-corrected chi connectivity index (χ1v) is 8.77. The number of hydrogen-bond acceptors (Lipinski definition) is 4. The Balaban J connectivity index is 1.97. The number of morpholine rings is 1. The van der Waals surface area contributed by atoms with Gasteiger partial charge in [0.1, 0.15) is 4.49 Å². The standard InChI is InChI=1S/C13H13Cl2N2O3P/c14-11(15)13-16-12(10-4-2-1-3-5-10)20-21(13,18)17-6-8-19-9-7-17/h1-5H,6-9H2/t21-/m1/s1. The third-order valence-corrected chi connectivity index (χ3v) is 6.28. The molecule has 21 heavy (non-hydrogen) atoms. The minimum absolute atomic E-state index is 0.103. The van der Waals surface area contributed by atoms with Gasteiger partial charge in [-0.05, 0) is 12.1 Å². The second-order valence-electron chi connectivity index (χ2n) is 4.54. The molecule has 0 aliphatic carbocycles. The molecule has 0 saturated carbocycles. The maximum atomic E-state index is 13.2. The summed E-state index contributed by atoms with van der Waals surface area (Å²) in [6, 6.07) is 9.24. The Bertz CT molecular complexity index is 638. The molecule has 2 heterocycles. The summed E-state index contributed by atoms with van der Waals surface area (Å²) in [5, 5.41) is 0. The zero-order valence-electron chi connectivity index (χ0n) is 11.0. The summed E-state index contributed by atoms with van der Waals surface area (Å²) in [7, 11) is -3.37. The van der Waals surface area contributed by atoms with E-state index in [0.29, 0.717) is 26.3 Å². The predicted molar refractivity (Wildman–Crippen MR) is 82.8 cm³/mol. The molecule has 0 N–H and O–H groups in total. The van der Waals surface area contributed by atoms with Gasteiger partial charge in [-0.3, -0.25) is 4.57 Å². The van der Waals surface area contributed by atoms with Crippen LogP contribution in [0.1, 0.15) is 5.56 Å². The van der Waals surface area contributed by atoms with Gasteiger partial charge >= 0.3 is 7.52 Å². The van der Waals surface area contributed by atoms with Crippen LogP contribution in [0.5, 0.6) is 0 Å². The Kier molecular flexibility index (Phi) is 4.38. The lowest BCUT2D eigenvalue weighted by Gasteiger charge is -2.30. The molecule has 0 radical (unpaired) electrons. The monoisotopic (exact) mass is 346 g/mol. The quantitative estimate of drug-likeness (QED) is 0.768. The van der Waals surface area contributed by atoms with Gasteiger partial charge in [0.05, 0.1) is 13.2 Å². The van der Waals surface area contributed by atoms with E-state index in [0.717, 1.165) is 5.56 Å². The minimum Gasteiger partial charge on any atom is -0.409 e. The molecular weight excluding hydrogens is 334 g/mol. The number of ether oxygens (including phenoxy) is 1. The van der Waals surface area contributed by atoms with Crippen molar-refractivity contribution in [3.05, 3.63) is 45.8 Å². The molecule has 0 aromatic heterocycles. The molecule has 8 heteroatoms. The van der Waals surface area contributed by atoms with Gasteiger partial charge in [0.15, 0.2) is 5.44 Å². The van der Waals surface area contributed by atoms with E-state index in [1.165, 1.54) is 0 Å². The van der Waals surface area contributed by atoms with Gasteiger partial charge in [0.25, 0.3) is 0 Å². The fourth-order valence-corrected chi connectivity index (χ4v) is 4.89. The zero-order chi connectivity index (χ0) is 14.9. The van der Waals surface area contributed by atoms with Crippen molar-refractivity contribution in [1.29, 1.82) is 0 Å². The van der Waals surface area contributed by atoms with Crippen LogP contribution in [0.4, 0.5) is 0 Å². The lowest BCUT2D eigenvalue weighted by atomic mass is 10.2. The van der Waals surface area contributed by atoms with E-state index >= 15 is 0 Å². The molecule has 1 aromatic rings. The molecule has 1 fully saturated rings. The number of benzene rings is 1. The van der Waals surface area contributed by atoms with Gasteiger partial charge in [0, 0.05) is 18.7 Å². The van der Waals surface area contributed by atoms with Crippen molar-refractivity contribution in [1.82, 2.24) is 4.67 Å². The van der Waals surface area contributed by atoms with E-state index in [2.05, 4.69) is 4.99 Å². The van der Waals surface area contributed by atoms with Crippen LogP contribution >= 0.6 is 30.7 Å². The SMILES string of the molecule is O=[P@@]1(N2CCOCC2)OC(c2ccccc2)=NC1=C(Cl)Cl. The second kappa shape index (κ2) is 6.11. The van der Waals surface area contributed by atoms with Crippen molar-refractivity contribution in [2.75, 3.05) is 26.3 Å². The molecule has 5 nitrogen and oxygen atoms in total. The van der Waals surface area contributed by atoms with Crippen LogP contribution in [-0.4, -0.2) is 36.9 Å². The van der Waals surface area contributed by atoms with Crippen molar-refractivity contribution in [2.45, 2.75) is 0 Å². The number of hydrogen-bond donors (Lipinski definition) is 0. The van der Waals surface area contributed by atoms with Crippen molar-refractivity contribution < 1.29 is 13.8 Å². The van der Waals surface area contributed by atoms with Gasteiger partial charge in [0.2, 0.25) is 5.90 Å². The molecule has 0 amide bonds. The number of aliphatic imine (C=N–C) groups is 1. The van der Waals surface area contributed by atoms with Crippen molar-refractivity contribution in [2.24, 2.45) is 4.99 Å². The lowest BCUT2D eigenvalue weighted by Crippen LogP contribution is -2.34. The summed E-state index contributed by atoms with van der Waals surface area (Å²) in [5.74, 6) is 0.277. The van der Waals surface area contributed by atoms with Gasteiger partial charge in [-0.1, -0.05) is 41.4 Å². The molecule has 112 valence electrons. The second-order valence-corrected chi connectivity index (χ2v) is 7.71. The van der Waals surface area contributed by atoms with Crippen LogP contribution in [-0.2, 0) is 13.8 Å². The molecule has 0 bridgehead atoms. The van der Waals surface area contributed by atoms with Crippen LogP contribution in [0.15, 0.2) is 45.3 Å². The van der Waals surface area contributed by atoms with E-state index in [1.807, 2.05) is 30.3 Å². The molecule has 1 aromatic carbocycles. The first-order valence-electron chi connectivity index (χ1n) is 6.44. The van der Waals surface area contributed by atoms with E-state index in [9.17, 15) is 4.57 Å². The van der Waals surface area contributed by atoms with E-state index in [1.54, 1.807) is 4.67 Å². The average molecular weight is 347 g/mol. The van der Waals surface area contributed by atoms with Gasteiger partial charge in [-0.15, -0.1) is 0 Å². The summed E-state index contributed by atoms with van der Waals surface area (Å²) in [6.07, 6.45) is 0. The third-order valence-electron chi connectivity index (χ3n) is 3.23. The third kappa shape index (κ3) is 2.89. The van der Waals surface area contributed by atoms with Crippen LogP contribution in [0, 0.1) is 0 Å². The summed E-state index contributed by atoms with van der Waals surface area (Å²) in [6.45, 7) is 1.95. The summed E-state index contributed by atoms with van der Waals surface area (Å²) >= 11 is 11.7. The highest BCUT2D eigenvalue weighted by Gasteiger charge is 2.46. The highest BCUT2D eigenvalue weighted by molar-refractivity contribution is 7.62. The van der Waals surface area contributed by atoms with Crippen LogP contribution in [0.25, 0.3) is 0 Å². The first kappa shape index (κ1) is 15.1.